The number of benzene rings is 1. The molecule has 1 aromatic carbocycles. The molecule has 0 aromatic heterocycles. The zero-order chi connectivity index (χ0) is 16.0. The average Bonchev–Trinajstić information content (AvgIpc) is 2.42. The lowest BCUT2D eigenvalue weighted by Gasteiger charge is -2.30. The molecule has 1 N–H and O–H groups in total. The standard InChI is InChI=1S/C17H26N2O2/c1-13-7-9-15(10-8-13)17(3,4)16(21)19(5)12-6-11-18-14(2)20/h7-10H,6,11-12H2,1-5H3,(H,18,20). The van der Waals surface area contributed by atoms with Crippen molar-refractivity contribution in [2.45, 2.75) is 39.5 Å². The first kappa shape index (κ1) is 17.2. The van der Waals surface area contributed by atoms with E-state index in [1.165, 1.54) is 12.5 Å². The highest BCUT2D eigenvalue weighted by molar-refractivity contribution is 5.87. The minimum absolute atomic E-state index is 0.0380. The van der Waals surface area contributed by atoms with E-state index < -0.39 is 5.41 Å². The van der Waals surface area contributed by atoms with Gasteiger partial charge in [0.25, 0.3) is 0 Å². The summed E-state index contributed by atoms with van der Waals surface area (Å²) in [5, 5.41) is 2.74. The minimum Gasteiger partial charge on any atom is -0.356 e. The Hall–Kier alpha value is -1.84. The number of nitrogens with zero attached hydrogens (tertiary/aromatic N) is 1. The highest BCUT2D eigenvalue weighted by atomic mass is 16.2. The average molecular weight is 290 g/mol. The van der Waals surface area contributed by atoms with Crippen molar-refractivity contribution in [1.82, 2.24) is 10.2 Å². The van der Waals surface area contributed by atoms with Gasteiger partial charge in [-0.3, -0.25) is 9.59 Å². The number of amides is 2. The lowest BCUT2D eigenvalue weighted by molar-refractivity contribution is -0.134. The number of hydrogen-bond acceptors (Lipinski definition) is 2. The number of rotatable bonds is 6. The first-order chi connectivity index (χ1) is 9.75. The molecular formula is C17H26N2O2. The van der Waals surface area contributed by atoms with Gasteiger partial charge < -0.3 is 10.2 Å². The number of carbonyl (C=O) groups excluding carboxylic acids is 2. The van der Waals surface area contributed by atoms with E-state index in [4.69, 9.17) is 0 Å². The highest BCUT2D eigenvalue weighted by Crippen LogP contribution is 2.25. The predicted molar refractivity (Wildman–Crippen MR) is 85.1 cm³/mol. The molecule has 1 rings (SSSR count). The van der Waals surface area contributed by atoms with Gasteiger partial charge in [0, 0.05) is 27.1 Å². The molecule has 2 amide bonds. The van der Waals surface area contributed by atoms with E-state index in [9.17, 15) is 9.59 Å². The summed E-state index contributed by atoms with van der Waals surface area (Å²) in [7, 11) is 1.81. The first-order valence-electron chi connectivity index (χ1n) is 7.32. The van der Waals surface area contributed by atoms with Crippen LogP contribution in [0, 0.1) is 6.92 Å². The maximum Gasteiger partial charge on any atom is 0.232 e. The normalized spacial score (nSPS) is 11.1. The Labute approximate surface area is 127 Å². The van der Waals surface area contributed by atoms with Crippen LogP contribution < -0.4 is 5.32 Å². The molecule has 0 radical (unpaired) electrons. The largest absolute Gasteiger partial charge is 0.356 e. The lowest BCUT2D eigenvalue weighted by atomic mass is 9.83. The number of hydrogen-bond donors (Lipinski definition) is 1. The third-order valence-electron chi connectivity index (χ3n) is 3.70. The second-order valence-electron chi connectivity index (χ2n) is 6.05. The van der Waals surface area contributed by atoms with Crippen LogP contribution in [0.5, 0.6) is 0 Å². The molecule has 0 atom stereocenters. The fraction of sp³-hybridized carbons (Fsp3) is 0.529. The molecule has 0 aliphatic rings. The van der Waals surface area contributed by atoms with Crippen LogP contribution in [0.15, 0.2) is 24.3 Å². The smallest absolute Gasteiger partial charge is 0.232 e. The first-order valence-corrected chi connectivity index (χ1v) is 7.32. The van der Waals surface area contributed by atoms with Gasteiger partial charge in [0.2, 0.25) is 11.8 Å². The Kier molecular flexibility index (Phi) is 5.94. The molecule has 116 valence electrons. The minimum atomic E-state index is -0.545. The van der Waals surface area contributed by atoms with Gasteiger partial charge in [0.1, 0.15) is 0 Å². The van der Waals surface area contributed by atoms with Crippen molar-refractivity contribution in [3.63, 3.8) is 0 Å². The van der Waals surface area contributed by atoms with Crippen molar-refractivity contribution in [2.24, 2.45) is 0 Å². The molecule has 0 aliphatic heterocycles. The lowest BCUT2D eigenvalue weighted by Crippen LogP contribution is -2.42. The van der Waals surface area contributed by atoms with Gasteiger partial charge in [-0.15, -0.1) is 0 Å². The van der Waals surface area contributed by atoms with E-state index in [1.807, 2.05) is 52.1 Å². The maximum atomic E-state index is 12.6. The van der Waals surface area contributed by atoms with E-state index >= 15 is 0 Å². The van der Waals surface area contributed by atoms with Gasteiger partial charge in [0.15, 0.2) is 0 Å². The van der Waals surface area contributed by atoms with Gasteiger partial charge in [0.05, 0.1) is 5.41 Å². The van der Waals surface area contributed by atoms with Crippen molar-refractivity contribution in [2.75, 3.05) is 20.1 Å². The van der Waals surface area contributed by atoms with Gasteiger partial charge in [-0.1, -0.05) is 29.8 Å². The van der Waals surface area contributed by atoms with E-state index in [1.54, 1.807) is 4.90 Å². The van der Waals surface area contributed by atoms with Crippen LogP contribution in [0.3, 0.4) is 0 Å². The van der Waals surface area contributed by atoms with Crippen molar-refractivity contribution in [1.29, 1.82) is 0 Å². The zero-order valence-electron chi connectivity index (χ0n) is 13.7. The highest BCUT2D eigenvalue weighted by Gasteiger charge is 2.31. The number of aryl methyl sites for hydroxylation is 1. The zero-order valence-corrected chi connectivity index (χ0v) is 13.7. The molecule has 0 heterocycles. The summed E-state index contributed by atoms with van der Waals surface area (Å²) in [5.74, 6) is 0.0538. The molecule has 0 aliphatic carbocycles. The van der Waals surface area contributed by atoms with Crippen molar-refractivity contribution < 1.29 is 9.59 Å². The maximum absolute atomic E-state index is 12.6. The van der Waals surface area contributed by atoms with E-state index in [0.717, 1.165) is 12.0 Å². The van der Waals surface area contributed by atoms with Crippen molar-refractivity contribution in [3.05, 3.63) is 35.4 Å². The fourth-order valence-corrected chi connectivity index (χ4v) is 2.25. The number of nitrogens with one attached hydrogen (secondary N) is 1. The Morgan fingerprint density at radius 3 is 2.29 bits per heavy atom. The van der Waals surface area contributed by atoms with Crippen molar-refractivity contribution >= 4 is 11.8 Å². The monoisotopic (exact) mass is 290 g/mol. The Morgan fingerprint density at radius 2 is 1.76 bits per heavy atom. The van der Waals surface area contributed by atoms with Crippen LogP contribution >= 0.6 is 0 Å². The SMILES string of the molecule is CC(=O)NCCCN(C)C(=O)C(C)(C)c1ccc(C)cc1. The molecule has 0 fully saturated rings. The molecule has 0 bridgehead atoms. The third-order valence-corrected chi connectivity index (χ3v) is 3.70. The van der Waals surface area contributed by atoms with Crippen LogP contribution in [0.25, 0.3) is 0 Å². The van der Waals surface area contributed by atoms with Crippen LogP contribution in [0.4, 0.5) is 0 Å². The molecule has 0 saturated carbocycles. The molecule has 21 heavy (non-hydrogen) atoms. The van der Waals surface area contributed by atoms with Crippen molar-refractivity contribution in [3.8, 4) is 0 Å². The second-order valence-corrected chi connectivity index (χ2v) is 6.05. The molecule has 0 saturated heterocycles. The predicted octanol–water partition coefficient (Wildman–Crippen LogP) is 2.26. The fourth-order valence-electron chi connectivity index (χ4n) is 2.25. The number of carbonyl (C=O) groups is 2. The van der Waals surface area contributed by atoms with Gasteiger partial charge in [-0.2, -0.15) is 0 Å². The Balaban J connectivity index is 2.63. The summed E-state index contributed by atoms with van der Waals surface area (Å²) in [5.41, 5.74) is 1.66. The summed E-state index contributed by atoms with van der Waals surface area (Å²) < 4.78 is 0. The molecular weight excluding hydrogens is 264 g/mol. The van der Waals surface area contributed by atoms with Crippen LogP contribution in [-0.2, 0) is 15.0 Å². The summed E-state index contributed by atoms with van der Waals surface area (Å²) in [6, 6.07) is 8.08. The molecule has 4 heteroatoms. The molecule has 0 spiro atoms. The van der Waals surface area contributed by atoms with E-state index in [-0.39, 0.29) is 11.8 Å². The van der Waals surface area contributed by atoms with E-state index in [2.05, 4.69) is 5.32 Å². The van der Waals surface area contributed by atoms with Gasteiger partial charge in [-0.25, -0.2) is 0 Å². The van der Waals surface area contributed by atoms with Gasteiger partial charge >= 0.3 is 0 Å². The summed E-state index contributed by atoms with van der Waals surface area (Å²) in [6.45, 7) is 8.66. The molecule has 0 unspecified atom stereocenters. The third kappa shape index (κ3) is 4.88. The van der Waals surface area contributed by atoms with Gasteiger partial charge in [-0.05, 0) is 32.8 Å². The molecule has 1 aromatic rings. The Morgan fingerprint density at radius 1 is 1.19 bits per heavy atom. The second kappa shape index (κ2) is 7.25. The quantitative estimate of drug-likeness (QED) is 0.817. The number of likely N-dealkylation sites (N-methyl/N-ethyl adjacent to an activating group) is 1. The van der Waals surface area contributed by atoms with Crippen LogP contribution in [-0.4, -0.2) is 36.9 Å². The summed E-state index contributed by atoms with van der Waals surface area (Å²) in [6.07, 6.45) is 0.756. The topological polar surface area (TPSA) is 49.4 Å². The summed E-state index contributed by atoms with van der Waals surface area (Å²) in [4.78, 5) is 25.2. The van der Waals surface area contributed by atoms with Crippen LogP contribution in [0.1, 0.15) is 38.3 Å². The Bertz CT molecular complexity index is 492. The summed E-state index contributed by atoms with van der Waals surface area (Å²) >= 11 is 0. The van der Waals surface area contributed by atoms with Crippen LogP contribution in [0.2, 0.25) is 0 Å². The molecule has 4 nitrogen and oxygen atoms in total. The van der Waals surface area contributed by atoms with E-state index in [0.29, 0.717) is 13.1 Å².